The Bertz CT molecular complexity index is 1200. The summed E-state index contributed by atoms with van der Waals surface area (Å²) < 4.78 is 448. The molecule has 0 spiro atoms. The Morgan fingerprint density at radius 2 is 0.321 bits per heavy atom. The first-order valence-electron chi connectivity index (χ1n) is 10.9. The molecule has 0 N–H and O–H groups in total. The number of hydrogen-bond donors (Lipinski definition) is 0. The van der Waals surface area contributed by atoms with Crippen LogP contribution in [-0.4, -0.2) is 102 Å². The van der Waals surface area contributed by atoms with Gasteiger partial charge in [0.25, 0.3) is 0 Å². The first-order chi connectivity index (χ1) is 22.2. The fraction of sp³-hybridized carbons (Fsp3) is 1.00. The van der Waals surface area contributed by atoms with Crippen LogP contribution >= 0.6 is 0 Å². The average Bonchev–Trinajstić information content (AvgIpc) is 2.90. The van der Waals surface area contributed by atoms with E-state index in [2.05, 4.69) is 0 Å². The van der Waals surface area contributed by atoms with E-state index in [4.69, 9.17) is 0 Å². The minimum atomic E-state index is -9.39. The van der Waals surface area contributed by atoms with Crippen LogP contribution in [0.15, 0.2) is 0 Å². The second-order valence-electron chi connectivity index (χ2n) is 9.33. The van der Waals surface area contributed by atoms with Crippen LogP contribution in [0.4, 0.5) is 149 Å². The van der Waals surface area contributed by atoms with Gasteiger partial charge < -0.3 is 0 Å². The molecular formula is C17H2F34O2. The quantitative estimate of drug-likeness (QED) is 0.114. The normalized spacial score (nSPS) is 17.1. The van der Waals surface area contributed by atoms with Gasteiger partial charge >= 0.3 is 95.6 Å². The summed E-state index contributed by atoms with van der Waals surface area (Å²) in [6.45, 7) is -4.58. The van der Waals surface area contributed by atoms with Crippen molar-refractivity contribution in [3.05, 3.63) is 0 Å². The van der Waals surface area contributed by atoms with Gasteiger partial charge in [-0.2, -0.15) is 149 Å². The molecule has 0 heterocycles. The molecule has 0 bridgehead atoms. The number of halogens is 34. The third-order valence-corrected chi connectivity index (χ3v) is 5.87. The van der Waals surface area contributed by atoms with E-state index in [0.717, 1.165) is 0 Å². The lowest BCUT2D eigenvalue weighted by atomic mass is 9.90. The first-order valence-corrected chi connectivity index (χ1v) is 10.9. The summed E-state index contributed by atoms with van der Waals surface area (Å²) >= 11 is 0. The van der Waals surface area contributed by atoms with Gasteiger partial charge in [0, 0.05) is 0 Å². The summed E-state index contributed by atoms with van der Waals surface area (Å²) in [5, 5.41) is 0. The van der Waals surface area contributed by atoms with Crippen molar-refractivity contribution in [2.75, 3.05) is 6.79 Å². The van der Waals surface area contributed by atoms with Crippen molar-refractivity contribution in [1.82, 2.24) is 0 Å². The zero-order valence-corrected chi connectivity index (χ0v) is 22.4. The Labute approximate surface area is 262 Å². The fourth-order valence-corrected chi connectivity index (χ4v) is 2.66. The van der Waals surface area contributed by atoms with Crippen molar-refractivity contribution in [2.24, 2.45) is 0 Å². The molecule has 0 saturated heterocycles. The maximum atomic E-state index is 13.5. The van der Waals surface area contributed by atoms with E-state index in [1.807, 2.05) is 0 Å². The molecule has 0 aliphatic heterocycles. The molecule has 0 aliphatic carbocycles. The average molecular weight is 884 g/mol. The minimum Gasteiger partial charge on any atom is -0.288 e. The molecule has 0 atom stereocenters. The standard InChI is InChI=1S/C17H2F34O2/c18-2(19,6(26,27)10(34,35)14(42,43)44)4(22,23)8(30,31)12(38,39)16(48,49)52-1-53-17(50,51)13(40,41)9(32,33)5(24,25)3(20,21)7(28,29)11(36,37)15(45,46)47/h1H2. The molecule has 36 heteroatoms. The molecule has 0 radical (unpaired) electrons. The lowest BCUT2D eigenvalue weighted by Crippen LogP contribution is -2.75. The van der Waals surface area contributed by atoms with Crippen LogP contribution in [0.5, 0.6) is 0 Å². The second kappa shape index (κ2) is 12.5. The summed E-state index contributed by atoms with van der Waals surface area (Å²) in [5.74, 6) is -110. The van der Waals surface area contributed by atoms with Gasteiger partial charge in [0.15, 0.2) is 6.79 Å². The Morgan fingerprint density at radius 1 is 0.189 bits per heavy atom. The van der Waals surface area contributed by atoms with Crippen molar-refractivity contribution in [3.8, 4) is 0 Å². The number of rotatable bonds is 16. The highest BCUT2D eigenvalue weighted by molar-refractivity contribution is 5.15. The molecule has 0 fully saturated rings. The van der Waals surface area contributed by atoms with E-state index in [-0.39, 0.29) is 0 Å². The third-order valence-electron chi connectivity index (χ3n) is 5.87. The molecule has 0 aromatic carbocycles. The highest BCUT2D eigenvalue weighted by Gasteiger charge is 2.97. The maximum absolute atomic E-state index is 13.5. The van der Waals surface area contributed by atoms with E-state index in [1.165, 1.54) is 0 Å². The van der Waals surface area contributed by atoms with E-state index in [1.54, 1.807) is 9.47 Å². The van der Waals surface area contributed by atoms with Crippen molar-refractivity contribution in [1.29, 1.82) is 0 Å². The van der Waals surface area contributed by atoms with Gasteiger partial charge in [0.2, 0.25) is 0 Å². The van der Waals surface area contributed by atoms with Crippen LogP contribution in [0.25, 0.3) is 0 Å². The van der Waals surface area contributed by atoms with Gasteiger partial charge in [-0.15, -0.1) is 0 Å². The summed E-state index contributed by atoms with van der Waals surface area (Å²) in [5.41, 5.74) is 0. The van der Waals surface area contributed by atoms with Gasteiger partial charge in [0.05, 0.1) is 0 Å². The highest BCUT2D eigenvalue weighted by atomic mass is 19.4. The topological polar surface area (TPSA) is 18.5 Å². The minimum absolute atomic E-state index is 1.61. The SMILES string of the molecule is FC(F)(F)C(F)(F)C(F)(F)C(F)(F)C(F)(F)C(F)(F)C(F)(F)C(F)(F)OCOC(F)(F)C(F)(F)C(F)(F)C(F)(F)C(F)(F)C(F)(F)C(F)(F)C(F)(F)F. The van der Waals surface area contributed by atoms with Gasteiger partial charge in [0.1, 0.15) is 0 Å². The summed E-state index contributed by atoms with van der Waals surface area (Å²) in [7, 11) is 0. The molecule has 0 amide bonds. The van der Waals surface area contributed by atoms with Crippen LogP contribution < -0.4 is 0 Å². The van der Waals surface area contributed by atoms with Crippen LogP contribution in [0.2, 0.25) is 0 Å². The molecule has 320 valence electrons. The van der Waals surface area contributed by atoms with Crippen LogP contribution in [0.1, 0.15) is 0 Å². The van der Waals surface area contributed by atoms with E-state index < -0.39 is 102 Å². The smallest absolute Gasteiger partial charge is 0.288 e. The largest absolute Gasteiger partial charge is 0.460 e. The molecule has 0 saturated carbocycles. The second-order valence-corrected chi connectivity index (χ2v) is 9.33. The van der Waals surface area contributed by atoms with Crippen LogP contribution in [-0.2, 0) is 9.47 Å². The Kier molecular flexibility index (Phi) is 11.9. The van der Waals surface area contributed by atoms with Crippen LogP contribution in [0, 0.1) is 0 Å². The van der Waals surface area contributed by atoms with Gasteiger partial charge in [-0.05, 0) is 0 Å². The summed E-state index contributed by atoms with van der Waals surface area (Å²) in [6, 6.07) is 0. The predicted octanol–water partition coefficient (Wildman–Crippen LogP) is 10.9. The van der Waals surface area contributed by atoms with Crippen molar-refractivity contribution >= 4 is 0 Å². The highest BCUT2D eigenvalue weighted by Crippen LogP contribution is 2.66. The zero-order valence-electron chi connectivity index (χ0n) is 22.4. The lowest BCUT2D eigenvalue weighted by Gasteiger charge is -2.43. The lowest BCUT2D eigenvalue weighted by molar-refractivity contribution is -0.496. The molecule has 53 heavy (non-hydrogen) atoms. The Morgan fingerprint density at radius 3 is 0.472 bits per heavy atom. The molecule has 0 aromatic rings. The molecule has 0 aliphatic rings. The predicted molar refractivity (Wildman–Crippen MR) is 88.4 cm³/mol. The van der Waals surface area contributed by atoms with E-state index in [9.17, 15) is 149 Å². The molecule has 0 rings (SSSR count). The van der Waals surface area contributed by atoms with Gasteiger partial charge in [-0.25, -0.2) is 0 Å². The van der Waals surface area contributed by atoms with Gasteiger partial charge in [-0.3, -0.25) is 9.47 Å². The fourth-order valence-electron chi connectivity index (χ4n) is 2.66. The Balaban J connectivity index is 6.78. The summed E-state index contributed by atoms with van der Waals surface area (Å²) in [4.78, 5) is 0. The van der Waals surface area contributed by atoms with Crippen LogP contribution in [0.3, 0.4) is 0 Å². The number of hydrogen-bond acceptors (Lipinski definition) is 2. The van der Waals surface area contributed by atoms with Crippen molar-refractivity contribution in [2.45, 2.75) is 95.6 Å². The van der Waals surface area contributed by atoms with E-state index >= 15 is 0 Å². The summed E-state index contributed by atoms with van der Waals surface area (Å²) in [6.07, 6.45) is -33.1. The number of ether oxygens (including phenoxy) is 2. The van der Waals surface area contributed by atoms with Crippen molar-refractivity contribution < 1.29 is 159 Å². The molecule has 0 unspecified atom stereocenters. The molecular weight excluding hydrogens is 882 g/mol. The number of alkyl halides is 34. The maximum Gasteiger partial charge on any atom is 0.460 e. The molecule has 0 aromatic heterocycles. The third kappa shape index (κ3) is 6.47. The van der Waals surface area contributed by atoms with E-state index in [0.29, 0.717) is 0 Å². The zero-order chi connectivity index (χ0) is 44.1. The van der Waals surface area contributed by atoms with Crippen molar-refractivity contribution in [3.63, 3.8) is 0 Å². The molecule has 2 nitrogen and oxygen atoms in total. The van der Waals surface area contributed by atoms with Gasteiger partial charge in [-0.1, -0.05) is 0 Å². The monoisotopic (exact) mass is 884 g/mol. The first kappa shape index (κ1) is 50.5. The Hall–Kier alpha value is -2.46.